The van der Waals surface area contributed by atoms with E-state index in [2.05, 4.69) is 25.5 Å². The second-order valence-electron chi connectivity index (χ2n) is 8.23. The van der Waals surface area contributed by atoms with Crippen molar-refractivity contribution in [1.82, 2.24) is 9.97 Å². The third-order valence-corrected chi connectivity index (χ3v) is 6.19. The van der Waals surface area contributed by atoms with Gasteiger partial charge in [0.1, 0.15) is 10.8 Å². The third-order valence-electron chi connectivity index (χ3n) is 5.92. The van der Waals surface area contributed by atoms with Crippen molar-refractivity contribution in [3.8, 4) is 5.75 Å². The van der Waals surface area contributed by atoms with Gasteiger partial charge in [-0.05, 0) is 50.5 Å². The van der Waals surface area contributed by atoms with Gasteiger partial charge in [0, 0.05) is 36.4 Å². The number of aryl methyl sites for hydroxylation is 1. The Kier molecular flexibility index (Phi) is 7.37. The number of nitrogens with one attached hydrogen (secondary N) is 2. The molecule has 178 valence electrons. The Bertz CT molecular complexity index is 1160. The van der Waals surface area contributed by atoms with Gasteiger partial charge in [-0.3, -0.25) is 4.79 Å². The molecule has 1 aromatic heterocycles. The number of primary amides is 1. The number of benzene rings is 2. The number of aromatic nitrogens is 2. The van der Waals surface area contributed by atoms with Gasteiger partial charge in [0.05, 0.1) is 18.5 Å². The summed E-state index contributed by atoms with van der Waals surface area (Å²) in [5.74, 6) is 1.35. The van der Waals surface area contributed by atoms with Gasteiger partial charge in [-0.15, -0.1) is 0 Å². The molecular formula is C25H29ClN6O2. The molecule has 8 nitrogen and oxygen atoms in total. The number of nitrogens with two attached hydrogens (primary N) is 1. The van der Waals surface area contributed by atoms with Crippen LogP contribution in [0, 0.1) is 12.8 Å². The number of carbonyl (C=O) groups excluding carboxylic acids is 1. The van der Waals surface area contributed by atoms with Crippen LogP contribution < -0.4 is 26.0 Å². The number of hydrogen-bond acceptors (Lipinski definition) is 7. The van der Waals surface area contributed by atoms with Crippen LogP contribution in [0.2, 0.25) is 5.02 Å². The molecule has 1 amide bonds. The molecule has 2 heterocycles. The zero-order valence-corrected chi connectivity index (χ0v) is 20.1. The van der Waals surface area contributed by atoms with Crippen molar-refractivity contribution in [2.75, 3.05) is 35.2 Å². The van der Waals surface area contributed by atoms with Crippen molar-refractivity contribution < 1.29 is 9.53 Å². The summed E-state index contributed by atoms with van der Waals surface area (Å²) >= 11 is 6.34. The average Bonchev–Trinajstić information content (AvgIpc) is 2.84. The SMILES string of the molecule is CCOc1cc(N2CCC(C(N)=O)CC2)ccc1Nc1ncc(Cl)c(Nc2ccccc2C)n1. The fourth-order valence-electron chi connectivity index (χ4n) is 3.98. The topological polar surface area (TPSA) is 105 Å². The van der Waals surface area contributed by atoms with Crippen LogP contribution in [-0.2, 0) is 4.79 Å². The van der Waals surface area contributed by atoms with E-state index in [9.17, 15) is 4.79 Å². The highest BCUT2D eigenvalue weighted by Crippen LogP contribution is 2.34. The molecule has 0 atom stereocenters. The van der Waals surface area contributed by atoms with Gasteiger partial charge in [-0.1, -0.05) is 29.8 Å². The summed E-state index contributed by atoms with van der Waals surface area (Å²) in [7, 11) is 0. The van der Waals surface area contributed by atoms with Crippen molar-refractivity contribution in [3.63, 3.8) is 0 Å². The summed E-state index contributed by atoms with van der Waals surface area (Å²) in [5, 5.41) is 6.95. The predicted molar refractivity (Wildman–Crippen MR) is 137 cm³/mol. The van der Waals surface area contributed by atoms with E-state index < -0.39 is 0 Å². The van der Waals surface area contributed by atoms with Crippen LogP contribution in [0.4, 0.5) is 28.8 Å². The fourth-order valence-corrected chi connectivity index (χ4v) is 4.12. The summed E-state index contributed by atoms with van der Waals surface area (Å²) in [5.41, 5.74) is 9.27. The van der Waals surface area contributed by atoms with E-state index in [1.165, 1.54) is 0 Å². The Hall–Kier alpha value is -3.52. The molecule has 0 saturated carbocycles. The van der Waals surface area contributed by atoms with Crippen LogP contribution in [-0.4, -0.2) is 35.6 Å². The lowest BCUT2D eigenvalue weighted by Crippen LogP contribution is -2.38. The first kappa shape index (κ1) is 23.6. The van der Waals surface area contributed by atoms with E-state index in [1.807, 2.05) is 56.3 Å². The molecule has 1 aliphatic rings. The quantitative estimate of drug-likeness (QED) is 0.415. The van der Waals surface area contributed by atoms with Crippen molar-refractivity contribution in [2.45, 2.75) is 26.7 Å². The zero-order chi connectivity index (χ0) is 24.1. The minimum atomic E-state index is -0.214. The van der Waals surface area contributed by atoms with Gasteiger partial charge in [-0.2, -0.15) is 4.98 Å². The maximum Gasteiger partial charge on any atom is 0.229 e. The summed E-state index contributed by atoms with van der Waals surface area (Å²) < 4.78 is 5.90. The van der Waals surface area contributed by atoms with Gasteiger partial charge in [0.15, 0.2) is 5.82 Å². The average molecular weight is 481 g/mol. The van der Waals surface area contributed by atoms with E-state index in [0.29, 0.717) is 29.1 Å². The number of amides is 1. The number of halogens is 1. The van der Waals surface area contributed by atoms with Crippen molar-refractivity contribution in [2.24, 2.45) is 11.7 Å². The third kappa shape index (κ3) is 5.51. The summed E-state index contributed by atoms with van der Waals surface area (Å²) in [4.78, 5) is 22.6. The molecule has 1 saturated heterocycles. The van der Waals surface area contributed by atoms with Crippen molar-refractivity contribution in [1.29, 1.82) is 0 Å². The summed E-state index contributed by atoms with van der Waals surface area (Å²) in [6.45, 7) is 6.03. The van der Waals surface area contributed by atoms with Crippen molar-refractivity contribution in [3.05, 3.63) is 59.2 Å². The lowest BCUT2D eigenvalue weighted by atomic mass is 9.96. The summed E-state index contributed by atoms with van der Waals surface area (Å²) in [6, 6.07) is 13.9. The number of rotatable bonds is 8. The molecule has 3 aromatic rings. The second-order valence-corrected chi connectivity index (χ2v) is 8.64. The van der Waals surface area contributed by atoms with Gasteiger partial charge in [0.2, 0.25) is 11.9 Å². The fraction of sp³-hybridized carbons (Fsp3) is 0.320. The highest BCUT2D eigenvalue weighted by molar-refractivity contribution is 6.32. The first-order chi connectivity index (χ1) is 16.4. The lowest BCUT2D eigenvalue weighted by molar-refractivity contribution is -0.122. The lowest BCUT2D eigenvalue weighted by Gasteiger charge is -2.32. The maximum absolute atomic E-state index is 11.5. The van der Waals surface area contributed by atoms with Gasteiger partial charge in [0.25, 0.3) is 0 Å². The molecular weight excluding hydrogens is 452 g/mol. The Morgan fingerprint density at radius 2 is 1.94 bits per heavy atom. The van der Waals surface area contributed by atoms with E-state index in [1.54, 1.807) is 6.20 Å². The predicted octanol–water partition coefficient (Wildman–Crippen LogP) is 5.03. The number of anilines is 5. The number of piperidine rings is 1. The summed E-state index contributed by atoms with van der Waals surface area (Å²) in [6.07, 6.45) is 3.08. The van der Waals surface area contributed by atoms with Crippen LogP contribution in [0.15, 0.2) is 48.7 Å². The molecule has 1 aliphatic heterocycles. The van der Waals surface area contributed by atoms with Gasteiger partial charge in [-0.25, -0.2) is 4.98 Å². The normalized spacial score (nSPS) is 14.0. The first-order valence-electron chi connectivity index (χ1n) is 11.4. The minimum Gasteiger partial charge on any atom is -0.492 e. The van der Waals surface area contributed by atoms with E-state index in [4.69, 9.17) is 22.1 Å². The Balaban J connectivity index is 1.53. The molecule has 9 heteroatoms. The number of carbonyl (C=O) groups is 1. The number of para-hydroxylation sites is 1. The Labute approximate surface area is 204 Å². The number of nitrogens with zero attached hydrogens (tertiary/aromatic N) is 3. The first-order valence-corrected chi connectivity index (χ1v) is 11.8. The van der Waals surface area contributed by atoms with E-state index in [0.717, 1.165) is 48.6 Å². The van der Waals surface area contributed by atoms with Crippen LogP contribution in [0.3, 0.4) is 0 Å². The standard InChI is InChI=1S/C25H29ClN6O2/c1-3-34-22-14-18(32-12-10-17(11-13-32)23(27)33)8-9-21(22)30-25-28-15-19(26)24(31-25)29-20-7-5-4-6-16(20)2/h4-9,14-15,17H,3,10-13H2,1-2H3,(H2,27,33)(H2,28,29,30,31). The molecule has 0 radical (unpaired) electrons. The molecule has 0 bridgehead atoms. The molecule has 4 rings (SSSR count). The number of ether oxygens (including phenoxy) is 1. The van der Waals surface area contributed by atoms with Crippen LogP contribution in [0.1, 0.15) is 25.3 Å². The second kappa shape index (κ2) is 10.6. The van der Waals surface area contributed by atoms with E-state index in [-0.39, 0.29) is 11.8 Å². The van der Waals surface area contributed by atoms with Crippen LogP contribution in [0.25, 0.3) is 0 Å². The van der Waals surface area contributed by atoms with Crippen LogP contribution in [0.5, 0.6) is 5.75 Å². The smallest absolute Gasteiger partial charge is 0.229 e. The Morgan fingerprint density at radius 1 is 1.18 bits per heavy atom. The molecule has 0 aliphatic carbocycles. The molecule has 0 spiro atoms. The molecule has 1 fully saturated rings. The number of hydrogen-bond donors (Lipinski definition) is 3. The largest absolute Gasteiger partial charge is 0.492 e. The molecule has 4 N–H and O–H groups in total. The highest BCUT2D eigenvalue weighted by Gasteiger charge is 2.24. The van der Waals surface area contributed by atoms with Crippen molar-refractivity contribution >= 4 is 46.3 Å². The minimum absolute atomic E-state index is 0.0481. The highest BCUT2D eigenvalue weighted by atomic mass is 35.5. The van der Waals surface area contributed by atoms with Gasteiger partial charge < -0.3 is 26.0 Å². The van der Waals surface area contributed by atoms with Crippen LogP contribution >= 0.6 is 11.6 Å². The van der Waals surface area contributed by atoms with E-state index >= 15 is 0 Å². The van der Waals surface area contributed by atoms with Gasteiger partial charge >= 0.3 is 0 Å². The monoisotopic (exact) mass is 480 g/mol. The molecule has 0 unspecified atom stereocenters. The maximum atomic E-state index is 11.5. The molecule has 2 aromatic carbocycles. The zero-order valence-electron chi connectivity index (χ0n) is 19.3. The molecule has 34 heavy (non-hydrogen) atoms. The Morgan fingerprint density at radius 3 is 2.65 bits per heavy atom.